The number of rotatable bonds is 3. The summed E-state index contributed by atoms with van der Waals surface area (Å²) in [6.07, 6.45) is 0.830. The molecular formula is C10H17NO. The maximum absolute atomic E-state index is 8.80. The van der Waals surface area contributed by atoms with Gasteiger partial charge in [0.05, 0.1) is 0 Å². The zero-order chi connectivity index (χ0) is 9.14. The maximum atomic E-state index is 8.80. The maximum Gasteiger partial charge on any atom is 0.0450 e. The lowest BCUT2D eigenvalue weighted by molar-refractivity contribution is 0.261. The molecule has 1 N–H and O–H groups in total. The Morgan fingerprint density at radius 2 is 1.83 bits per heavy atom. The molecule has 0 aromatic carbocycles. The van der Waals surface area contributed by atoms with Crippen molar-refractivity contribution in [2.75, 3.05) is 6.61 Å². The molecule has 1 atom stereocenters. The fraction of sp³-hybridized carbons (Fsp3) is 0.600. The van der Waals surface area contributed by atoms with Crippen LogP contribution >= 0.6 is 0 Å². The van der Waals surface area contributed by atoms with Crippen LogP contribution in [0.5, 0.6) is 0 Å². The Labute approximate surface area is 73.8 Å². The van der Waals surface area contributed by atoms with Crippen molar-refractivity contribution in [3.05, 3.63) is 23.5 Å². The van der Waals surface area contributed by atoms with E-state index in [1.807, 2.05) is 0 Å². The molecule has 0 saturated carbocycles. The van der Waals surface area contributed by atoms with Gasteiger partial charge in [0.15, 0.2) is 0 Å². The van der Waals surface area contributed by atoms with Crippen LogP contribution in [0, 0.1) is 13.8 Å². The molecule has 0 saturated heterocycles. The molecular weight excluding hydrogens is 150 g/mol. The van der Waals surface area contributed by atoms with E-state index in [1.54, 1.807) is 0 Å². The van der Waals surface area contributed by atoms with Gasteiger partial charge in [-0.05, 0) is 39.3 Å². The molecule has 0 bridgehead atoms. The summed E-state index contributed by atoms with van der Waals surface area (Å²) in [6.45, 7) is 6.59. The van der Waals surface area contributed by atoms with E-state index in [4.69, 9.17) is 5.11 Å². The van der Waals surface area contributed by atoms with E-state index in [1.165, 1.54) is 11.4 Å². The van der Waals surface area contributed by atoms with Gasteiger partial charge in [0.25, 0.3) is 0 Å². The van der Waals surface area contributed by atoms with Crippen molar-refractivity contribution in [2.24, 2.45) is 0 Å². The highest BCUT2D eigenvalue weighted by Gasteiger charge is 2.07. The van der Waals surface area contributed by atoms with Gasteiger partial charge in [-0.1, -0.05) is 0 Å². The predicted molar refractivity (Wildman–Crippen MR) is 50.3 cm³/mol. The molecule has 1 aromatic rings. The number of aliphatic hydroxyl groups is 1. The van der Waals surface area contributed by atoms with Crippen LogP contribution in [0.3, 0.4) is 0 Å². The summed E-state index contributed by atoms with van der Waals surface area (Å²) in [7, 11) is 0. The molecule has 0 aliphatic carbocycles. The van der Waals surface area contributed by atoms with E-state index in [2.05, 4.69) is 37.5 Å². The summed E-state index contributed by atoms with van der Waals surface area (Å²) in [5.74, 6) is 0. The first-order valence-electron chi connectivity index (χ1n) is 4.42. The Morgan fingerprint density at radius 3 is 2.25 bits per heavy atom. The van der Waals surface area contributed by atoms with Crippen molar-refractivity contribution >= 4 is 0 Å². The summed E-state index contributed by atoms with van der Waals surface area (Å²) in [6, 6.07) is 4.64. The van der Waals surface area contributed by atoms with Gasteiger partial charge in [0.1, 0.15) is 0 Å². The van der Waals surface area contributed by atoms with Gasteiger partial charge in [0.2, 0.25) is 0 Å². The third kappa shape index (κ3) is 1.69. The lowest BCUT2D eigenvalue weighted by Gasteiger charge is -2.16. The van der Waals surface area contributed by atoms with Crippen LogP contribution in [-0.4, -0.2) is 16.3 Å². The van der Waals surface area contributed by atoms with E-state index in [-0.39, 0.29) is 6.61 Å². The minimum Gasteiger partial charge on any atom is -0.396 e. The van der Waals surface area contributed by atoms with Gasteiger partial charge < -0.3 is 9.67 Å². The highest BCUT2D eigenvalue weighted by Crippen LogP contribution is 2.17. The second-order valence-electron chi connectivity index (χ2n) is 3.35. The Kier molecular flexibility index (Phi) is 2.93. The van der Waals surface area contributed by atoms with E-state index in [9.17, 15) is 0 Å². The number of hydrogen-bond donors (Lipinski definition) is 1. The Hall–Kier alpha value is -0.760. The second-order valence-corrected chi connectivity index (χ2v) is 3.35. The quantitative estimate of drug-likeness (QED) is 0.732. The topological polar surface area (TPSA) is 25.2 Å². The van der Waals surface area contributed by atoms with Crippen molar-refractivity contribution in [2.45, 2.75) is 33.2 Å². The van der Waals surface area contributed by atoms with Crippen LogP contribution in [0.15, 0.2) is 12.1 Å². The van der Waals surface area contributed by atoms with Gasteiger partial charge in [-0.3, -0.25) is 0 Å². The van der Waals surface area contributed by atoms with Crippen molar-refractivity contribution in [3.8, 4) is 0 Å². The molecule has 1 aromatic heterocycles. The van der Waals surface area contributed by atoms with Crippen LogP contribution < -0.4 is 0 Å². The van der Waals surface area contributed by atoms with Gasteiger partial charge in [-0.15, -0.1) is 0 Å². The van der Waals surface area contributed by atoms with Crippen LogP contribution in [0.2, 0.25) is 0 Å². The first-order valence-corrected chi connectivity index (χ1v) is 4.42. The molecule has 2 heteroatoms. The Bertz CT molecular complexity index is 233. The predicted octanol–water partition coefficient (Wildman–Crippen LogP) is 2.05. The van der Waals surface area contributed by atoms with Crippen molar-refractivity contribution in [1.82, 2.24) is 4.57 Å². The third-order valence-electron chi connectivity index (χ3n) is 2.31. The van der Waals surface area contributed by atoms with Gasteiger partial charge in [-0.2, -0.15) is 0 Å². The van der Waals surface area contributed by atoms with Crippen LogP contribution in [0.25, 0.3) is 0 Å². The highest BCUT2D eigenvalue weighted by atomic mass is 16.3. The van der Waals surface area contributed by atoms with E-state index < -0.39 is 0 Å². The van der Waals surface area contributed by atoms with Crippen LogP contribution in [-0.2, 0) is 0 Å². The monoisotopic (exact) mass is 167 g/mol. The molecule has 0 aliphatic rings. The molecule has 68 valence electrons. The lowest BCUT2D eigenvalue weighted by Crippen LogP contribution is -2.09. The zero-order valence-electron chi connectivity index (χ0n) is 8.04. The largest absolute Gasteiger partial charge is 0.396 e. The standard InChI is InChI=1S/C10H17NO/c1-8-4-5-9(2)11(8)10(3)6-7-12/h4-5,10,12H,6-7H2,1-3H3. The first kappa shape index (κ1) is 9.33. The summed E-state index contributed by atoms with van der Waals surface area (Å²) in [5, 5.41) is 8.80. The van der Waals surface area contributed by atoms with E-state index in [0.717, 1.165) is 6.42 Å². The SMILES string of the molecule is Cc1ccc(C)n1C(C)CCO. The second kappa shape index (κ2) is 3.76. The molecule has 1 unspecified atom stereocenters. The number of nitrogens with zero attached hydrogens (tertiary/aromatic N) is 1. The smallest absolute Gasteiger partial charge is 0.0450 e. The minimum atomic E-state index is 0.262. The summed E-state index contributed by atoms with van der Waals surface area (Å²) in [5.41, 5.74) is 2.54. The van der Waals surface area contributed by atoms with Crippen molar-refractivity contribution in [3.63, 3.8) is 0 Å². The van der Waals surface area contributed by atoms with Crippen LogP contribution in [0.1, 0.15) is 30.8 Å². The lowest BCUT2D eigenvalue weighted by atomic mass is 10.2. The molecule has 1 heterocycles. The first-order chi connectivity index (χ1) is 5.66. The number of hydrogen-bond acceptors (Lipinski definition) is 1. The summed E-state index contributed by atoms with van der Waals surface area (Å²) >= 11 is 0. The van der Waals surface area contributed by atoms with Gasteiger partial charge in [0, 0.05) is 24.0 Å². The molecule has 2 nitrogen and oxygen atoms in total. The van der Waals surface area contributed by atoms with E-state index >= 15 is 0 Å². The van der Waals surface area contributed by atoms with Gasteiger partial charge in [-0.25, -0.2) is 0 Å². The third-order valence-corrected chi connectivity index (χ3v) is 2.31. The average molecular weight is 167 g/mol. The number of aliphatic hydroxyl groups excluding tert-OH is 1. The van der Waals surface area contributed by atoms with Crippen LogP contribution in [0.4, 0.5) is 0 Å². The fourth-order valence-electron chi connectivity index (χ4n) is 1.69. The molecule has 0 amide bonds. The van der Waals surface area contributed by atoms with Crippen molar-refractivity contribution in [1.29, 1.82) is 0 Å². The molecule has 0 radical (unpaired) electrons. The molecule has 1 rings (SSSR count). The fourth-order valence-corrected chi connectivity index (χ4v) is 1.69. The zero-order valence-corrected chi connectivity index (χ0v) is 8.04. The van der Waals surface area contributed by atoms with Gasteiger partial charge >= 0.3 is 0 Å². The number of aromatic nitrogens is 1. The highest BCUT2D eigenvalue weighted by molar-refractivity contribution is 5.14. The molecule has 0 aliphatic heterocycles. The number of aryl methyl sites for hydroxylation is 2. The Morgan fingerprint density at radius 1 is 1.33 bits per heavy atom. The normalized spacial score (nSPS) is 13.3. The Balaban J connectivity index is 2.85. The summed E-state index contributed by atoms with van der Waals surface area (Å²) in [4.78, 5) is 0. The summed E-state index contributed by atoms with van der Waals surface area (Å²) < 4.78 is 2.26. The molecule has 0 fully saturated rings. The minimum absolute atomic E-state index is 0.262. The van der Waals surface area contributed by atoms with E-state index in [0.29, 0.717) is 6.04 Å². The molecule has 12 heavy (non-hydrogen) atoms. The molecule has 0 spiro atoms. The van der Waals surface area contributed by atoms with Crippen molar-refractivity contribution < 1.29 is 5.11 Å². The average Bonchev–Trinajstić information content (AvgIpc) is 2.32.